The Bertz CT molecular complexity index is 924. The third kappa shape index (κ3) is 4.32. The molecule has 0 bridgehead atoms. The predicted octanol–water partition coefficient (Wildman–Crippen LogP) is 3.08. The van der Waals surface area contributed by atoms with Gasteiger partial charge in [0.05, 0.1) is 39.0 Å². The lowest BCUT2D eigenvalue weighted by Crippen LogP contribution is -2.34. The largest absolute Gasteiger partial charge is 0.493 e. The summed E-state index contributed by atoms with van der Waals surface area (Å²) in [5.41, 5.74) is 1.22. The van der Waals surface area contributed by atoms with Gasteiger partial charge in [0.25, 0.3) is 0 Å². The van der Waals surface area contributed by atoms with Crippen LogP contribution in [0.15, 0.2) is 36.4 Å². The number of benzene rings is 2. The van der Waals surface area contributed by atoms with Gasteiger partial charge in [-0.2, -0.15) is 0 Å². The van der Waals surface area contributed by atoms with Gasteiger partial charge in [-0.1, -0.05) is 12.1 Å². The molecule has 0 saturated carbocycles. The minimum atomic E-state index is -0.521. The molecule has 1 heterocycles. The number of halogens is 1. The average molecular weight is 416 g/mol. The Balaban J connectivity index is 1.75. The minimum Gasteiger partial charge on any atom is -0.493 e. The predicted molar refractivity (Wildman–Crippen MR) is 110 cm³/mol. The summed E-state index contributed by atoms with van der Waals surface area (Å²) < 4.78 is 29.4. The molecule has 2 aromatic carbocycles. The van der Waals surface area contributed by atoms with Crippen LogP contribution in [-0.4, -0.2) is 39.7 Å². The van der Waals surface area contributed by atoms with Crippen molar-refractivity contribution in [3.8, 4) is 17.2 Å². The van der Waals surface area contributed by atoms with Crippen LogP contribution in [0, 0.1) is 11.7 Å². The molecule has 1 aliphatic rings. The van der Waals surface area contributed by atoms with Crippen molar-refractivity contribution in [1.82, 2.24) is 5.32 Å². The fourth-order valence-corrected chi connectivity index (χ4v) is 3.55. The Kier molecular flexibility index (Phi) is 6.44. The summed E-state index contributed by atoms with van der Waals surface area (Å²) in [6, 6.07) is 9.05. The summed E-state index contributed by atoms with van der Waals surface area (Å²) >= 11 is 0. The summed E-state index contributed by atoms with van der Waals surface area (Å²) in [6.45, 7) is 2.00. The molecule has 8 heteroatoms. The molecule has 2 aromatic rings. The van der Waals surface area contributed by atoms with Gasteiger partial charge in [-0.05, 0) is 24.6 Å². The number of rotatable bonds is 7. The first-order valence-electron chi connectivity index (χ1n) is 9.54. The van der Waals surface area contributed by atoms with Crippen LogP contribution in [0.3, 0.4) is 0 Å². The molecule has 30 heavy (non-hydrogen) atoms. The van der Waals surface area contributed by atoms with Gasteiger partial charge in [0.1, 0.15) is 5.82 Å². The number of carbonyl (C=O) groups excluding carboxylic acids is 2. The third-order valence-corrected chi connectivity index (χ3v) is 5.16. The first kappa shape index (κ1) is 21.4. The van der Waals surface area contributed by atoms with E-state index >= 15 is 0 Å². The van der Waals surface area contributed by atoms with Crippen LogP contribution in [0.25, 0.3) is 0 Å². The topological polar surface area (TPSA) is 77.1 Å². The Hall–Kier alpha value is -3.29. The standard InChI is InChI=1S/C22H25FN2O5/c1-13(14-6-5-7-16(23)8-14)24-22(27)15-9-20(26)25(12-15)17-10-18(28-2)21(30-4)19(11-17)29-3/h5-8,10-11,13,15H,9,12H2,1-4H3,(H,24,27)/t13-,15-/m1/s1. The Morgan fingerprint density at radius 1 is 1.13 bits per heavy atom. The number of hydrogen-bond donors (Lipinski definition) is 1. The van der Waals surface area contributed by atoms with E-state index in [-0.39, 0.29) is 36.6 Å². The van der Waals surface area contributed by atoms with E-state index in [1.54, 1.807) is 31.2 Å². The van der Waals surface area contributed by atoms with E-state index in [1.807, 2.05) is 0 Å². The molecular formula is C22H25FN2O5. The van der Waals surface area contributed by atoms with Gasteiger partial charge in [-0.3, -0.25) is 9.59 Å². The van der Waals surface area contributed by atoms with Gasteiger partial charge < -0.3 is 24.4 Å². The fourth-order valence-electron chi connectivity index (χ4n) is 3.55. The van der Waals surface area contributed by atoms with Crippen LogP contribution in [0.5, 0.6) is 17.2 Å². The van der Waals surface area contributed by atoms with E-state index in [0.29, 0.717) is 28.5 Å². The number of methoxy groups -OCH3 is 3. The third-order valence-electron chi connectivity index (χ3n) is 5.16. The highest BCUT2D eigenvalue weighted by Gasteiger charge is 2.36. The second-order valence-corrected chi connectivity index (χ2v) is 7.07. The summed E-state index contributed by atoms with van der Waals surface area (Å²) in [5, 5.41) is 2.87. The lowest BCUT2D eigenvalue weighted by Gasteiger charge is -2.21. The number of carbonyl (C=O) groups is 2. The number of anilines is 1. The maximum Gasteiger partial charge on any atom is 0.227 e. The van der Waals surface area contributed by atoms with Gasteiger partial charge in [0.15, 0.2) is 11.5 Å². The van der Waals surface area contributed by atoms with Gasteiger partial charge in [-0.25, -0.2) is 4.39 Å². The summed E-state index contributed by atoms with van der Waals surface area (Å²) in [5.74, 6) is -0.0446. The van der Waals surface area contributed by atoms with Crippen molar-refractivity contribution in [3.05, 3.63) is 47.8 Å². The first-order valence-corrected chi connectivity index (χ1v) is 9.54. The molecule has 2 atom stereocenters. The van der Waals surface area contributed by atoms with Crippen LogP contribution < -0.4 is 24.4 Å². The number of nitrogens with zero attached hydrogens (tertiary/aromatic N) is 1. The first-order chi connectivity index (χ1) is 14.4. The molecule has 2 amide bonds. The zero-order chi connectivity index (χ0) is 21.8. The zero-order valence-electron chi connectivity index (χ0n) is 17.4. The molecule has 0 spiro atoms. The second kappa shape index (κ2) is 9.02. The molecule has 0 radical (unpaired) electrons. The van der Waals surface area contributed by atoms with E-state index < -0.39 is 5.92 Å². The quantitative estimate of drug-likeness (QED) is 0.751. The van der Waals surface area contributed by atoms with Crippen LogP contribution in [0.4, 0.5) is 10.1 Å². The van der Waals surface area contributed by atoms with Crippen molar-refractivity contribution in [2.45, 2.75) is 19.4 Å². The number of hydrogen-bond acceptors (Lipinski definition) is 5. The summed E-state index contributed by atoms with van der Waals surface area (Å²) in [4.78, 5) is 26.9. The maximum atomic E-state index is 13.4. The zero-order valence-corrected chi connectivity index (χ0v) is 17.4. The average Bonchev–Trinajstić information content (AvgIpc) is 3.14. The molecule has 3 rings (SSSR count). The molecular weight excluding hydrogens is 391 g/mol. The lowest BCUT2D eigenvalue weighted by atomic mass is 10.0. The molecule has 7 nitrogen and oxygen atoms in total. The van der Waals surface area contributed by atoms with Crippen LogP contribution in [0.2, 0.25) is 0 Å². The summed E-state index contributed by atoms with van der Waals surface area (Å²) in [7, 11) is 4.50. The van der Waals surface area contributed by atoms with E-state index in [0.717, 1.165) is 0 Å². The lowest BCUT2D eigenvalue weighted by molar-refractivity contribution is -0.126. The number of nitrogens with one attached hydrogen (secondary N) is 1. The van der Waals surface area contributed by atoms with Crippen LogP contribution in [0.1, 0.15) is 24.9 Å². The molecule has 1 aliphatic heterocycles. The maximum absolute atomic E-state index is 13.4. The Morgan fingerprint density at radius 2 is 1.80 bits per heavy atom. The van der Waals surface area contributed by atoms with E-state index in [4.69, 9.17) is 14.2 Å². The van der Waals surface area contributed by atoms with E-state index in [2.05, 4.69) is 5.32 Å². The molecule has 1 fully saturated rings. The Labute approximate surface area is 174 Å². The number of ether oxygens (including phenoxy) is 3. The van der Waals surface area contributed by atoms with Crippen molar-refractivity contribution in [3.63, 3.8) is 0 Å². The van der Waals surface area contributed by atoms with Crippen molar-refractivity contribution in [2.75, 3.05) is 32.8 Å². The van der Waals surface area contributed by atoms with Crippen molar-refractivity contribution >= 4 is 17.5 Å². The minimum absolute atomic E-state index is 0.0817. The van der Waals surface area contributed by atoms with Crippen molar-refractivity contribution < 1.29 is 28.2 Å². The SMILES string of the molecule is COc1cc(N2C[C@H](C(=O)N[C@H](C)c3cccc(F)c3)CC2=O)cc(OC)c1OC. The molecule has 1 saturated heterocycles. The van der Waals surface area contributed by atoms with Gasteiger partial charge in [-0.15, -0.1) is 0 Å². The smallest absolute Gasteiger partial charge is 0.227 e. The highest BCUT2D eigenvalue weighted by atomic mass is 19.1. The van der Waals surface area contributed by atoms with Gasteiger partial charge in [0, 0.05) is 25.1 Å². The molecule has 160 valence electrons. The Morgan fingerprint density at radius 3 is 2.37 bits per heavy atom. The van der Waals surface area contributed by atoms with Gasteiger partial charge >= 0.3 is 0 Å². The molecule has 1 N–H and O–H groups in total. The normalized spacial score (nSPS) is 16.9. The van der Waals surface area contributed by atoms with Gasteiger partial charge in [0.2, 0.25) is 17.6 Å². The second-order valence-electron chi connectivity index (χ2n) is 7.07. The number of amides is 2. The summed E-state index contributed by atoms with van der Waals surface area (Å²) in [6.07, 6.45) is 0.0817. The molecule has 0 unspecified atom stereocenters. The molecule has 0 aromatic heterocycles. The van der Waals surface area contributed by atoms with Crippen LogP contribution in [-0.2, 0) is 9.59 Å². The fraction of sp³-hybridized carbons (Fsp3) is 0.364. The monoisotopic (exact) mass is 416 g/mol. The van der Waals surface area contributed by atoms with Crippen LogP contribution >= 0.6 is 0 Å². The highest BCUT2D eigenvalue weighted by Crippen LogP contribution is 2.42. The highest BCUT2D eigenvalue weighted by molar-refractivity contribution is 6.00. The molecule has 0 aliphatic carbocycles. The van der Waals surface area contributed by atoms with E-state index in [1.165, 1.54) is 38.4 Å². The van der Waals surface area contributed by atoms with Crippen molar-refractivity contribution in [1.29, 1.82) is 0 Å². The van der Waals surface area contributed by atoms with Crippen molar-refractivity contribution in [2.24, 2.45) is 5.92 Å². The van der Waals surface area contributed by atoms with E-state index in [9.17, 15) is 14.0 Å².